The van der Waals surface area contributed by atoms with Gasteiger partial charge in [-0.05, 0) is 56.8 Å². The first kappa shape index (κ1) is 20.2. The first-order chi connectivity index (χ1) is 14.0. The quantitative estimate of drug-likeness (QED) is 0.713. The number of carbonyl (C=O) groups excluding carboxylic acids is 1. The molecule has 0 spiro atoms. The molecular formula is C21H28N4O3S. The number of nitrogens with zero attached hydrogens (tertiary/aromatic N) is 4. The molecular weight excluding hydrogens is 388 g/mol. The number of carbonyl (C=O) groups is 1. The van der Waals surface area contributed by atoms with Gasteiger partial charge in [-0.25, -0.2) is 4.98 Å². The second-order valence-corrected chi connectivity index (χ2v) is 8.87. The van der Waals surface area contributed by atoms with Crippen molar-refractivity contribution >= 4 is 17.7 Å². The highest BCUT2D eigenvalue weighted by atomic mass is 32.2. The van der Waals surface area contributed by atoms with Gasteiger partial charge in [0.05, 0.1) is 19.8 Å². The highest BCUT2D eigenvalue weighted by molar-refractivity contribution is 8.00. The van der Waals surface area contributed by atoms with E-state index in [0.29, 0.717) is 29.3 Å². The molecule has 0 aliphatic carbocycles. The second kappa shape index (κ2) is 8.36. The minimum absolute atomic E-state index is 0.00155. The van der Waals surface area contributed by atoms with Gasteiger partial charge in [0.1, 0.15) is 11.1 Å². The summed E-state index contributed by atoms with van der Waals surface area (Å²) in [4.78, 5) is 20.1. The second-order valence-electron chi connectivity index (χ2n) is 7.76. The lowest BCUT2D eigenvalue weighted by Gasteiger charge is -2.39. The number of fused-ring (bicyclic) bond motifs is 1. The van der Waals surface area contributed by atoms with Crippen molar-refractivity contribution in [1.29, 1.82) is 0 Å². The molecule has 3 heterocycles. The van der Waals surface area contributed by atoms with Crippen molar-refractivity contribution in [1.82, 2.24) is 19.7 Å². The lowest BCUT2D eigenvalue weighted by molar-refractivity contribution is 0.0787. The first-order valence-corrected chi connectivity index (χ1v) is 11.1. The van der Waals surface area contributed by atoms with Gasteiger partial charge in [-0.1, -0.05) is 24.8 Å². The van der Waals surface area contributed by atoms with Gasteiger partial charge in [0.15, 0.2) is 16.7 Å². The number of aromatic nitrogens is 3. The Bertz CT molecular complexity index is 900. The maximum absolute atomic E-state index is 13.2. The molecule has 1 fully saturated rings. The number of thioether (sulfide) groups is 1. The van der Waals surface area contributed by atoms with Gasteiger partial charge >= 0.3 is 0 Å². The summed E-state index contributed by atoms with van der Waals surface area (Å²) in [6.45, 7) is 8.57. The van der Waals surface area contributed by atoms with Crippen LogP contribution in [0.3, 0.4) is 0 Å². The molecule has 0 saturated carbocycles. The Morgan fingerprint density at radius 2 is 2.17 bits per heavy atom. The van der Waals surface area contributed by atoms with Crippen LogP contribution in [-0.4, -0.2) is 57.6 Å². The Kier molecular flexibility index (Phi) is 5.83. The standard InChI is InChI=1S/C21H28N4O3S/c1-5-28-16-9-8-15(11-17(16)27-4)18(24-10-6-7-13(2)12-24)19-20(26)25-21(29-19)22-14(3)23-25/h8-9,11,13,18-19H,5-7,10,12H2,1-4H3. The van der Waals surface area contributed by atoms with Crippen LogP contribution in [0.15, 0.2) is 23.4 Å². The smallest absolute Gasteiger partial charge is 0.264 e. The fourth-order valence-electron chi connectivity index (χ4n) is 4.30. The molecule has 156 valence electrons. The van der Waals surface area contributed by atoms with Crippen LogP contribution in [0.1, 0.15) is 48.9 Å². The summed E-state index contributed by atoms with van der Waals surface area (Å²) in [5.74, 6) is 2.66. The number of hydrogen-bond donors (Lipinski definition) is 0. The van der Waals surface area contributed by atoms with E-state index in [0.717, 1.165) is 30.8 Å². The Morgan fingerprint density at radius 1 is 1.34 bits per heavy atom. The van der Waals surface area contributed by atoms with Gasteiger partial charge in [0, 0.05) is 6.54 Å². The highest BCUT2D eigenvalue weighted by Crippen LogP contribution is 2.43. The summed E-state index contributed by atoms with van der Waals surface area (Å²) in [6.07, 6.45) is 2.36. The van der Waals surface area contributed by atoms with Gasteiger partial charge in [-0.2, -0.15) is 4.68 Å². The Morgan fingerprint density at radius 3 is 2.86 bits per heavy atom. The van der Waals surface area contributed by atoms with Gasteiger partial charge < -0.3 is 9.47 Å². The summed E-state index contributed by atoms with van der Waals surface area (Å²) < 4.78 is 12.7. The molecule has 7 nitrogen and oxygen atoms in total. The number of hydrogen-bond acceptors (Lipinski definition) is 7. The average Bonchev–Trinajstić information content (AvgIpc) is 3.21. The van der Waals surface area contributed by atoms with Crippen LogP contribution in [0, 0.1) is 12.8 Å². The van der Waals surface area contributed by atoms with E-state index in [9.17, 15) is 4.79 Å². The lowest BCUT2D eigenvalue weighted by atomic mass is 9.94. The molecule has 0 amide bonds. The third-order valence-electron chi connectivity index (χ3n) is 5.57. The van der Waals surface area contributed by atoms with E-state index in [1.807, 2.05) is 26.0 Å². The first-order valence-electron chi connectivity index (χ1n) is 10.2. The summed E-state index contributed by atoms with van der Waals surface area (Å²) >= 11 is 1.52. The minimum Gasteiger partial charge on any atom is -0.493 e. The zero-order valence-corrected chi connectivity index (χ0v) is 18.2. The molecule has 0 bridgehead atoms. The highest BCUT2D eigenvalue weighted by Gasteiger charge is 2.43. The summed E-state index contributed by atoms with van der Waals surface area (Å²) in [5, 5.41) is 4.71. The predicted molar refractivity (Wildman–Crippen MR) is 112 cm³/mol. The molecule has 1 aromatic carbocycles. The van der Waals surface area contributed by atoms with E-state index in [1.54, 1.807) is 7.11 Å². The van der Waals surface area contributed by atoms with Crippen LogP contribution in [-0.2, 0) is 0 Å². The van der Waals surface area contributed by atoms with Crippen LogP contribution >= 0.6 is 11.8 Å². The van der Waals surface area contributed by atoms with Crippen molar-refractivity contribution in [2.45, 2.75) is 50.1 Å². The molecule has 3 unspecified atom stereocenters. The van der Waals surface area contributed by atoms with Gasteiger partial charge in [-0.3, -0.25) is 9.69 Å². The van der Waals surface area contributed by atoms with Crippen LogP contribution in [0.4, 0.5) is 0 Å². The number of rotatable bonds is 6. The molecule has 1 aromatic heterocycles. The largest absolute Gasteiger partial charge is 0.493 e. The number of likely N-dealkylation sites (tertiary alicyclic amines) is 1. The molecule has 2 aliphatic rings. The average molecular weight is 417 g/mol. The normalized spacial score (nSPS) is 23.1. The molecule has 29 heavy (non-hydrogen) atoms. The fourth-order valence-corrected chi connectivity index (χ4v) is 5.60. The third-order valence-corrected chi connectivity index (χ3v) is 6.75. The molecule has 0 radical (unpaired) electrons. The van der Waals surface area contributed by atoms with Crippen molar-refractivity contribution in [2.24, 2.45) is 5.92 Å². The van der Waals surface area contributed by atoms with Crippen molar-refractivity contribution in [3.8, 4) is 11.5 Å². The Hall–Kier alpha value is -2.06. The molecule has 4 rings (SSSR count). The number of aryl methyl sites for hydroxylation is 1. The molecule has 1 saturated heterocycles. The Labute approximate surface area is 175 Å². The zero-order chi connectivity index (χ0) is 20.5. The topological polar surface area (TPSA) is 69.5 Å². The summed E-state index contributed by atoms with van der Waals surface area (Å²) in [6, 6.07) is 5.96. The van der Waals surface area contributed by atoms with E-state index in [1.165, 1.54) is 22.9 Å². The summed E-state index contributed by atoms with van der Waals surface area (Å²) in [7, 11) is 1.65. The van der Waals surface area contributed by atoms with E-state index in [4.69, 9.17) is 9.47 Å². The predicted octanol–water partition coefficient (Wildman–Crippen LogP) is 3.58. The number of piperidine rings is 1. The number of benzene rings is 1. The van der Waals surface area contributed by atoms with Gasteiger partial charge in [0.25, 0.3) is 5.91 Å². The van der Waals surface area contributed by atoms with E-state index in [2.05, 4.69) is 28.0 Å². The molecule has 3 atom stereocenters. The van der Waals surface area contributed by atoms with Crippen molar-refractivity contribution < 1.29 is 14.3 Å². The van der Waals surface area contributed by atoms with Crippen molar-refractivity contribution in [3.63, 3.8) is 0 Å². The molecule has 0 N–H and O–H groups in total. The number of methoxy groups -OCH3 is 1. The van der Waals surface area contributed by atoms with Crippen LogP contribution in [0.2, 0.25) is 0 Å². The van der Waals surface area contributed by atoms with Gasteiger partial charge in [0.2, 0.25) is 0 Å². The molecule has 2 aliphatic heterocycles. The van der Waals surface area contributed by atoms with E-state index < -0.39 is 0 Å². The molecule has 8 heteroatoms. The van der Waals surface area contributed by atoms with Crippen molar-refractivity contribution in [2.75, 3.05) is 26.8 Å². The van der Waals surface area contributed by atoms with Crippen molar-refractivity contribution in [3.05, 3.63) is 29.6 Å². The van der Waals surface area contributed by atoms with Gasteiger partial charge in [-0.15, -0.1) is 5.10 Å². The molecule has 2 aromatic rings. The van der Waals surface area contributed by atoms with Crippen LogP contribution in [0.25, 0.3) is 0 Å². The maximum Gasteiger partial charge on any atom is 0.264 e. The minimum atomic E-state index is -0.279. The number of ether oxygens (including phenoxy) is 2. The van der Waals surface area contributed by atoms with E-state index >= 15 is 0 Å². The van der Waals surface area contributed by atoms with Crippen LogP contribution < -0.4 is 9.47 Å². The SMILES string of the molecule is CCOc1ccc(C(C2Sc3nc(C)nn3C2=O)N2CCCC(C)C2)cc1OC. The fraction of sp³-hybridized carbons (Fsp3) is 0.571. The van der Waals surface area contributed by atoms with E-state index in [-0.39, 0.29) is 17.2 Å². The van der Waals surface area contributed by atoms with Crippen LogP contribution in [0.5, 0.6) is 11.5 Å². The maximum atomic E-state index is 13.2. The Balaban J connectivity index is 1.71. The zero-order valence-electron chi connectivity index (χ0n) is 17.4. The monoisotopic (exact) mass is 416 g/mol. The summed E-state index contributed by atoms with van der Waals surface area (Å²) in [5.41, 5.74) is 1.06. The lowest BCUT2D eigenvalue weighted by Crippen LogP contribution is -2.43. The third kappa shape index (κ3) is 3.88.